The number of carbonyl (C=O) groups is 2. The number of carboxylic acid groups (broad SMARTS) is 1. The van der Waals surface area contributed by atoms with Crippen molar-refractivity contribution in [2.45, 2.75) is 32.5 Å². The van der Waals surface area contributed by atoms with Gasteiger partial charge in [0.1, 0.15) is 5.75 Å². The molecule has 0 spiro atoms. The third kappa shape index (κ3) is 5.11. The second kappa shape index (κ2) is 8.35. The van der Waals surface area contributed by atoms with E-state index in [9.17, 15) is 9.59 Å². The Labute approximate surface area is 146 Å². The standard InChI is InChI=1S/C17H22ClNO5/c1-11(2)16(24-13-5-3-4-12(18)8-13)17(22)19-6-7-23-14(10-19)9-15(20)21/h3-5,8,11,14,16H,6-7,9-10H2,1-2H3,(H,20,21). The molecule has 0 saturated carbocycles. The molecule has 1 heterocycles. The highest BCUT2D eigenvalue weighted by atomic mass is 35.5. The first-order valence-electron chi connectivity index (χ1n) is 7.91. The maximum Gasteiger partial charge on any atom is 0.306 e. The Morgan fingerprint density at radius 3 is 2.83 bits per heavy atom. The molecule has 1 amide bonds. The molecule has 2 atom stereocenters. The average Bonchev–Trinajstić information content (AvgIpc) is 2.51. The highest BCUT2D eigenvalue weighted by molar-refractivity contribution is 6.30. The number of hydrogen-bond acceptors (Lipinski definition) is 4. The van der Waals surface area contributed by atoms with Crippen LogP contribution in [0.4, 0.5) is 0 Å². The van der Waals surface area contributed by atoms with Gasteiger partial charge in [-0.2, -0.15) is 0 Å². The van der Waals surface area contributed by atoms with Gasteiger partial charge in [-0.25, -0.2) is 0 Å². The van der Waals surface area contributed by atoms with E-state index >= 15 is 0 Å². The number of halogens is 1. The first-order chi connectivity index (χ1) is 11.4. The average molecular weight is 356 g/mol. The molecular weight excluding hydrogens is 334 g/mol. The van der Waals surface area contributed by atoms with Gasteiger partial charge in [-0.05, 0) is 24.1 Å². The second-order valence-corrected chi connectivity index (χ2v) is 6.55. The Kier molecular flexibility index (Phi) is 6.45. The monoisotopic (exact) mass is 355 g/mol. The fourth-order valence-corrected chi connectivity index (χ4v) is 2.76. The van der Waals surface area contributed by atoms with E-state index in [0.717, 1.165) is 0 Å². The molecule has 7 heteroatoms. The number of benzene rings is 1. The normalized spacial score (nSPS) is 19.2. The van der Waals surface area contributed by atoms with Gasteiger partial charge in [0, 0.05) is 18.1 Å². The van der Waals surface area contributed by atoms with Gasteiger partial charge in [-0.3, -0.25) is 9.59 Å². The van der Waals surface area contributed by atoms with Crippen molar-refractivity contribution < 1.29 is 24.2 Å². The predicted molar refractivity (Wildman–Crippen MR) is 89.3 cm³/mol. The van der Waals surface area contributed by atoms with Crippen LogP contribution in [0.25, 0.3) is 0 Å². The molecule has 0 bridgehead atoms. The van der Waals surface area contributed by atoms with Crippen molar-refractivity contribution in [3.8, 4) is 5.75 Å². The molecule has 1 aromatic carbocycles. The summed E-state index contributed by atoms with van der Waals surface area (Å²) in [6, 6.07) is 6.91. The van der Waals surface area contributed by atoms with Crippen LogP contribution in [-0.2, 0) is 14.3 Å². The van der Waals surface area contributed by atoms with Gasteiger partial charge in [-0.1, -0.05) is 31.5 Å². The van der Waals surface area contributed by atoms with E-state index in [1.165, 1.54) is 0 Å². The first-order valence-corrected chi connectivity index (χ1v) is 8.29. The van der Waals surface area contributed by atoms with Crippen LogP contribution >= 0.6 is 11.6 Å². The van der Waals surface area contributed by atoms with E-state index in [1.54, 1.807) is 29.2 Å². The van der Waals surface area contributed by atoms with Gasteiger partial charge in [-0.15, -0.1) is 0 Å². The minimum atomic E-state index is -0.940. The van der Waals surface area contributed by atoms with Crippen molar-refractivity contribution in [3.63, 3.8) is 0 Å². The van der Waals surface area contributed by atoms with E-state index in [1.807, 2.05) is 13.8 Å². The minimum Gasteiger partial charge on any atom is -0.481 e. The van der Waals surface area contributed by atoms with Crippen LogP contribution in [0, 0.1) is 5.92 Å². The summed E-state index contributed by atoms with van der Waals surface area (Å²) in [4.78, 5) is 25.3. The van der Waals surface area contributed by atoms with Crippen LogP contribution in [0.15, 0.2) is 24.3 Å². The quantitative estimate of drug-likeness (QED) is 0.848. The van der Waals surface area contributed by atoms with Crippen molar-refractivity contribution in [3.05, 3.63) is 29.3 Å². The zero-order valence-corrected chi connectivity index (χ0v) is 14.5. The summed E-state index contributed by atoms with van der Waals surface area (Å²) in [6.07, 6.45) is -1.27. The molecule has 2 rings (SSSR count). The topological polar surface area (TPSA) is 76.1 Å². The maximum atomic E-state index is 12.8. The van der Waals surface area contributed by atoms with Crippen LogP contribution in [0.2, 0.25) is 5.02 Å². The number of hydrogen-bond donors (Lipinski definition) is 1. The fraction of sp³-hybridized carbons (Fsp3) is 0.529. The van der Waals surface area contributed by atoms with Gasteiger partial charge in [0.25, 0.3) is 5.91 Å². The Balaban J connectivity index is 2.06. The number of nitrogens with zero attached hydrogens (tertiary/aromatic N) is 1. The largest absolute Gasteiger partial charge is 0.481 e. The molecule has 0 radical (unpaired) electrons. The van der Waals surface area contributed by atoms with Gasteiger partial charge >= 0.3 is 5.97 Å². The van der Waals surface area contributed by atoms with Crippen LogP contribution in [0.1, 0.15) is 20.3 Å². The van der Waals surface area contributed by atoms with E-state index in [4.69, 9.17) is 26.2 Å². The van der Waals surface area contributed by atoms with E-state index in [-0.39, 0.29) is 24.8 Å². The molecule has 132 valence electrons. The molecule has 0 aromatic heterocycles. The molecule has 2 unspecified atom stereocenters. The number of morpholine rings is 1. The predicted octanol–water partition coefficient (Wildman–Crippen LogP) is 2.45. The lowest BCUT2D eigenvalue weighted by molar-refractivity contribution is -0.152. The van der Waals surface area contributed by atoms with Crippen molar-refractivity contribution in [1.29, 1.82) is 0 Å². The number of carboxylic acids is 1. The summed E-state index contributed by atoms with van der Waals surface area (Å²) in [7, 11) is 0. The minimum absolute atomic E-state index is 0.0442. The molecule has 6 nitrogen and oxygen atoms in total. The molecule has 1 fully saturated rings. The summed E-state index contributed by atoms with van der Waals surface area (Å²) in [5.41, 5.74) is 0. The summed E-state index contributed by atoms with van der Waals surface area (Å²) in [6.45, 7) is 4.82. The van der Waals surface area contributed by atoms with E-state index < -0.39 is 18.2 Å². The molecular formula is C17H22ClNO5. The van der Waals surface area contributed by atoms with E-state index in [0.29, 0.717) is 23.9 Å². The molecule has 1 aliphatic rings. The molecule has 1 aliphatic heterocycles. The number of amides is 1. The lowest BCUT2D eigenvalue weighted by Gasteiger charge is -2.35. The van der Waals surface area contributed by atoms with Gasteiger partial charge < -0.3 is 19.5 Å². The first kappa shape index (κ1) is 18.5. The number of rotatable bonds is 6. The summed E-state index contributed by atoms with van der Waals surface area (Å²) < 4.78 is 11.3. The Morgan fingerprint density at radius 2 is 2.21 bits per heavy atom. The number of carbonyl (C=O) groups excluding carboxylic acids is 1. The van der Waals surface area contributed by atoms with Gasteiger partial charge in [0.15, 0.2) is 6.10 Å². The third-order valence-electron chi connectivity index (χ3n) is 3.76. The third-order valence-corrected chi connectivity index (χ3v) is 4.00. The zero-order valence-electron chi connectivity index (χ0n) is 13.8. The SMILES string of the molecule is CC(C)C(Oc1cccc(Cl)c1)C(=O)N1CCOC(CC(=O)O)C1. The van der Waals surface area contributed by atoms with Gasteiger partial charge in [0.2, 0.25) is 0 Å². The fourth-order valence-electron chi connectivity index (χ4n) is 2.58. The van der Waals surface area contributed by atoms with Crippen LogP contribution in [0.5, 0.6) is 5.75 Å². The van der Waals surface area contributed by atoms with Crippen LogP contribution in [0.3, 0.4) is 0 Å². The number of aliphatic carboxylic acids is 1. The van der Waals surface area contributed by atoms with Crippen LogP contribution < -0.4 is 4.74 Å². The van der Waals surface area contributed by atoms with Crippen molar-refractivity contribution in [2.24, 2.45) is 5.92 Å². The second-order valence-electron chi connectivity index (χ2n) is 6.11. The summed E-state index contributed by atoms with van der Waals surface area (Å²) >= 11 is 5.96. The van der Waals surface area contributed by atoms with Gasteiger partial charge in [0.05, 0.1) is 19.1 Å². The zero-order chi connectivity index (χ0) is 17.7. The summed E-state index contributed by atoms with van der Waals surface area (Å²) in [5, 5.41) is 9.43. The molecule has 0 aliphatic carbocycles. The smallest absolute Gasteiger partial charge is 0.306 e. The molecule has 1 aromatic rings. The lowest BCUT2D eigenvalue weighted by Crippen LogP contribution is -2.52. The Morgan fingerprint density at radius 1 is 1.46 bits per heavy atom. The molecule has 1 saturated heterocycles. The maximum absolute atomic E-state index is 12.8. The molecule has 1 N–H and O–H groups in total. The number of ether oxygens (including phenoxy) is 2. The Bertz CT molecular complexity index is 592. The van der Waals surface area contributed by atoms with Crippen molar-refractivity contribution in [2.75, 3.05) is 19.7 Å². The van der Waals surface area contributed by atoms with Crippen molar-refractivity contribution >= 4 is 23.5 Å². The summed E-state index contributed by atoms with van der Waals surface area (Å²) in [5.74, 6) is -0.615. The van der Waals surface area contributed by atoms with E-state index in [2.05, 4.69) is 0 Å². The van der Waals surface area contributed by atoms with Crippen molar-refractivity contribution in [1.82, 2.24) is 4.90 Å². The highest BCUT2D eigenvalue weighted by Gasteiger charge is 2.33. The lowest BCUT2D eigenvalue weighted by atomic mass is 10.0. The Hall–Kier alpha value is -1.79. The molecule has 24 heavy (non-hydrogen) atoms. The van der Waals surface area contributed by atoms with Crippen LogP contribution in [-0.4, -0.2) is 53.8 Å². The highest BCUT2D eigenvalue weighted by Crippen LogP contribution is 2.22.